The number of sulfonamides is 1. The Morgan fingerprint density at radius 2 is 1.92 bits per heavy atom. The number of carbonyl (C=O) groups is 2. The molecule has 4 N–H and O–H groups in total. The van der Waals surface area contributed by atoms with Crippen molar-refractivity contribution in [1.82, 2.24) is 0 Å². The average Bonchev–Trinajstić information content (AvgIpc) is 2.95. The van der Waals surface area contributed by atoms with Crippen LogP contribution in [-0.2, 0) is 14.8 Å². The van der Waals surface area contributed by atoms with E-state index in [0.717, 1.165) is 6.07 Å². The number of carboxylic acids is 1. The molecule has 10 heteroatoms. The Kier molecular flexibility index (Phi) is 6.01. The number of carbonyl (C=O) groups excluding carboxylic acids is 1. The lowest BCUT2D eigenvalue weighted by Crippen LogP contribution is -2.13. The Bertz CT molecular complexity index is 901. The molecule has 0 radical (unpaired) electrons. The molecule has 0 aliphatic heterocycles. The summed E-state index contributed by atoms with van der Waals surface area (Å²) < 4.78 is 33.3. The number of nitrogens with one attached hydrogen (secondary N) is 1. The molecule has 9 nitrogen and oxygen atoms in total. The predicted molar refractivity (Wildman–Crippen MR) is 91.6 cm³/mol. The molecular formula is C16H18N2O7S. The first-order valence-electron chi connectivity index (χ1n) is 7.56. The van der Waals surface area contributed by atoms with Crippen molar-refractivity contribution in [3.8, 4) is 5.75 Å². The smallest absolute Gasteiger partial charge is 0.303 e. The zero-order valence-corrected chi connectivity index (χ0v) is 14.7. The van der Waals surface area contributed by atoms with Gasteiger partial charge in [-0.3, -0.25) is 9.59 Å². The first-order valence-corrected chi connectivity index (χ1v) is 9.10. The van der Waals surface area contributed by atoms with E-state index in [1.807, 2.05) is 0 Å². The Balaban J connectivity index is 1.96. The average molecular weight is 382 g/mol. The van der Waals surface area contributed by atoms with Crippen LogP contribution < -0.4 is 15.2 Å². The number of aliphatic carboxylic acids is 1. The van der Waals surface area contributed by atoms with Gasteiger partial charge in [0.1, 0.15) is 16.4 Å². The minimum absolute atomic E-state index is 0.0250. The van der Waals surface area contributed by atoms with Gasteiger partial charge in [-0.1, -0.05) is 0 Å². The van der Waals surface area contributed by atoms with E-state index in [1.165, 1.54) is 6.92 Å². The minimum atomic E-state index is -3.97. The van der Waals surface area contributed by atoms with Crippen molar-refractivity contribution in [3.05, 3.63) is 41.9 Å². The third-order valence-corrected chi connectivity index (χ3v) is 4.34. The van der Waals surface area contributed by atoms with Gasteiger partial charge < -0.3 is 19.6 Å². The normalized spacial score (nSPS) is 11.2. The van der Waals surface area contributed by atoms with E-state index in [4.69, 9.17) is 19.4 Å². The van der Waals surface area contributed by atoms with E-state index in [9.17, 15) is 18.0 Å². The van der Waals surface area contributed by atoms with Gasteiger partial charge in [0.05, 0.1) is 6.61 Å². The second-order valence-electron chi connectivity index (χ2n) is 5.40. The topological polar surface area (TPSA) is 149 Å². The van der Waals surface area contributed by atoms with Gasteiger partial charge in [-0.15, -0.1) is 0 Å². The van der Waals surface area contributed by atoms with Crippen LogP contribution in [0.4, 0.5) is 5.69 Å². The van der Waals surface area contributed by atoms with Crippen LogP contribution in [0.2, 0.25) is 0 Å². The van der Waals surface area contributed by atoms with Gasteiger partial charge in [-0.25, -0.2) is 13.6 Å². The summed E-state index contributed by atoms with van der Waals surface area (Å²) in [4.78, 5) is 22.3. The largest absolute Gasteiger partial charge is 0.494 e. The number of primary sulfonamides is 1. The molecule has 2 aromatic rings. The van der Waals surface area contributed by atoms with Crippen molar-refractivity contribution >= 4 is 27.6 Å². The van der Waals surface area contributed by atoms with Crippen LogP contribution in [0, 0.1) is 6.92 Å². The van der Waals surface area contributed by atoms with E-state index in [2.05, 4.69) is 5.32 Å². The first-order chi connectivity index (χ1) is 12.2. The van der Waals surface area contributed by atoms with Gasteiger partial charge >= 0.3 is 5.97 Å². The number of hydrogen-bond acceptors (Lipinski definition) is 6. The number of ether oxygens (including phenoxy) is 1. The van der Waals surface area contributed by atoms with Crippen LogP contribution in [0.15, 0.2) is 39.6 Å². The SMILES string of the molecule is Cc1oc(C(=O)Nc2ccc(OCCCC(=O)O)cc2)cc1S(N)(=O)=O. The summed E-state index contributed by atoms with van der Waals surface area (Å²) in [6, 6.07) is 7.46. The lowest BCUT2D eigenvalue weighted by Gasteiger charge is -2.07. The first kappa shape index (κ1) is 19.5. The molecule has 26 heavy (non-hydrogen) atoms. The summed E-state index contributed by atoms with van der Waals surface area (Å²) in [6.07, 6.45) is 0.412. The Labute approximate surface area is 149 Å². The minimum Gasteiger partial charge on any atom is -0.494 e. The second kappa shape index (κ2) is 8.02. The molecule has 0 spiro atoms. The molecular weight excluding hydrogens is 364 g/mol. The maximum atomic E-state index is 12.1. The number of hydrogen-bond donors (Lipinski definition) is 3. The van der Waals surface area contributed by atoms with Gasteiger partial charge in [0.15, 0.2) is 5.76 Å². The summed E-state index contributed by atoms with van der Waals surface area (Å²) >= 11 is 0. The standard InChI is InChI=1S/C16H18N2O7S/c1-10-14(26(17,22)23)9-13(25-10)16(21)18-11-4-6-12(7-5-11)24-8-2-3-15(19)20/h4-7,9H,2-3,8H2,1H3,(H,18,21)(H,19,20)(H2,17,22,23). The number of rotatable bonds is 8. The van der Waals surface area contributed by atoms with Crippen LogP contribution in [0.5, 0.6) is 5.75 Å². The quantitative estimate of drug-likeness (QED) is 0.589. The molecule has 0 saturated carbocycles. The molecule has 0 fully saturated rings. The molecule has 1 heterocycles. The number of carboxylic acid groups (broad SMARTS) is 1. The number of nitrogens with two attached hydrogens (primary N) is 1. The van der Waals surface area contributed by atoms with Crippen molar-refractivity contribution in [3.63, 3.8) is 0 Å². The summed E-state index contributed by atoms with van der Waals surface area (Å²) in [6.45, 7) is 1.66. The number of amides is 1. The van der Waals surface area contributed by atoms with Gasteiger partial charge in [0.2, 0.25) is 10.0 Å². The molecule has 1 aromatic heterocycles. The fraction of sp³-hybridized carbons (Fsp3) is 0.250. The number of anilines is 1. The highest BCUT2D eigenvalue weighted by molar-refractivity contribution is 7.89. The van der Waals surface area contributed by atoms with Gasteiger partial charge in [0, 0.05) is 18.2 Å². The third kappa shape index (κ3) is 5.33. The van der Waals surface area contributed by atoms with Crippen LogP contribution >= 0.6 is 0 Å². The molecule has 1 amide bonds. The monoisotopic (exact) mass is 382 g/mol. The van der Waals surface area contributed by atoms with E-state index in [-0.39, 0.29) is 29.4 Å². The molecule has 0 saturated heterocycles. The van der Waals surface area contributed by atoms with Crippen LogP contribution in [-0.4, -0.2) is 32.0 Å². The molecule has 0 aliphatic carbocycles. The van der Waals surface area contributed by atoms with Crippen molar-refractivity contribution in [1.29, 1.82) is 0 Å². The zero-order valence-electron chi connectivity index (χ0n) is 13.9. The Hall–Kier alpha value is -2.85. The molecule has 0 unspecified atom stereocenters. The van der Waals surface area contributed by atoms with E-state index < -0.39 is 21.9 Å². The van der Waals surface area contributed by atoms with Gasteiger partial charge in [-0.05, 0) is 37.6 Å². The molecule has 2 rings (SSSR count). The highest BCUT2D eigenvalue weighted by atomic mass is 32.2. The number of aryl methyl sites for hydroxylation is 1. The predicted octanol–water partition coefficient (Wildman–Crippen LogP) is 1.73. The summed E-state index contributed by atoms with van der Waals surface area (Å²) in [5, 5.41) is 16.1. The fourth-order valence-corrected chi connectivity index (χ4v) is 2.81. The van der Waals surface area contributed by atoms with Crippen LogP contribution in [0.1, 0.15) is 29.2 Å². The molecule has 0 bridgehead atoms. The lowest BCUT2D eigenvalue weighted by atomic mass is 10.3. The van der Waals surface area contributed by atoms with Crippen molar-refractivity contribution in [2.45, 2.75) is 24.7 Å². The maximum Gasteiger partial charge on any atom is 0.303 e. The highest BCUT2D eigenvalue weighted by Crippen LogP contribution is 2.21. The van der Waals surface area contributed by atoms with E-state index in [1.54, 1.807) is 24.3 Å². The summed E-state index contributed by atoms with van der Waals surface area (Å²) in [5.41, 5.74) is 0.444. The summed E-state index contributed by atoms with van der Waals surface area (Å²) in [5.74, 6) is -1.13. The lowest BCUT2D eigenvalue weighted by molar-refractivity contribution is -0.137. The van der Waals surface area contributed by atoms with Crippen molar-refractivity contribution in [2.75, 3.05) is 11.9 Å². The van der Waals surface area contributed by atoms with E-state index in [0.29, 0.717) is 17.9 Å². The molecule has 140 valence electrons. The molecule has 1 aromatic carbocycles. The fourth-order valence-electron chi connectivity index (χ4n) is 2.10. The van der Waals surface area contributed by atoms with Gasteiger partial charge in [0.25, 0.3) is 5.91 Å². The van der Waals surface area contributed by atoms with Crippen LogP contribution in [0.3, 0.4) is 0 Å². The van der Waals surface area contributed by atoms with E-state index >= 15 is 0 Å². The second-order valence-corrected chi connectivity index (χ2v) is 6.93. The maximum absolute atomic E-state index is 12.1. The third-order valence-electron chi connectivity index (χ3n) is 3.32. The zero-order chi connectivity index (χ0) is 19.3. The van der Waals surface area contributed by atoms with Crippen molar-refractivity contribution < 1.29 is 32.3 Å². The highest BCUT2D eigenvalue weighted by Gasteiger charge is 2.21. The Morgan fingerprint density at radius 3 is 2.46 bits per heavy atom. The molecule has 0 aliphatic rings. The number of benzene rings is 1. The van der Waals surface area contributed by atoms with Crippen molar-refractivity contribution in [2.24, 2.45) is 5.14 Å². The molecule has 0 atom stereocenters. The Morgan fingerprint density at radius 1 is 1.27 bits per heavy atom. The van der Waals surface area contributed by atoms with Gasteiger partial charge in [-0.2, -0.15) is 0 Å². The van der Waals surface area contributed by atoms with Crippen LogP contribution in [0.25, 0.3) is 0 Å². The summed E-state index contributed by atoms with van der Waals surface area (Å²) in [7, 11) is -3.97. The number of furan rings is 1.